The van der Waals surface area contributed by atoms with E-state index in [9.17, 15) is 9.59 Å². The van der Waals surface area contributed by atoms with E-state index in [1.807, 2.05) is 66.4 Å². The van der Waals surface area contributed by atoms with Crippen LogP contribution in [0.15, 0.2) is 64.6 Å². The molecule has 1 saturated carbocycles. The third-order valence-corrected chi connectivity index (χ3v) is 8.71. The van der Waals surface area contributed by atoms with Gasteiger partial charge in [-0.05, 0) is 80.9 Å². The summed E-state index contributed by atoms with van der Waals surface area (Å²) in [6.07, 6.45) is 11.1. The lowest BCUT2D eigenvalue weighted by molar-refractivity contribution is -0.141. The molecule has 1 aromatic heterocycles. The fraction of sp³-hybridized carbons (Fsp3) is 0.457. The lowest BCUT2D eigenvalue weighted by atomic mass is 9.68. The van der Waals surface area contributed by atoms with Crippen LogP contribution in [0.1, 0.15) is 75.3 Å². The van der Waals surface area contributed by atoms with Gasteiger partial charge in [0.05, 0.1) is 25.3 Å². The number of aryl methyl sites for hydroxylation is 1. The third-order valence-electron chi connectivity index (χ3n) is 8.71. The number of benzene rings is 2. The van der Waals surface area contributed by atoms with Gasteiger partial charge in [0.1, 0.15) is 11.5 Å². The Kier molecular flexibility index (Phi) is 9.78. The summed E-state index contributed by atoms with van der Waals surface area (Å²) in [7, 11) is 0. The van der Waals surface area contributed by atoms with Crippen LogP contribution in [0.3, 0.4) is 0 Å². The van der Waals surface area contributed by atoms with E-state index in [2.05, 4.69) is 4.98 Å². The summed E-state index contributed by atoms with van der Waals surface area (Å²) in [6, 6.07) is 17.4. The topological polar surface area (TPSA) is 81.9 Å². The van der Waals surface area contributed by atoms with Gasteiger partial charge >= 0.3 is 5.97 Å². The van der Waals surface area contributed by atoms with Crippen molar-refractivity contribution in [3.63, 3.8) is 0 Å². The Labute approximate surface area is 248 Å². The summed E-state index contributed by atoms with van der Waals surface area (Å²) in [4.78, 5) is 32.6. The molecule has 0 N–H and O–H groups in total. The Morgan fingerprint density at radius 3 is 2.38 bits per heavy atom. The summed E-state index contributed by atoms with van der Waals surface area (Å²) in [5.41, 5.74) is 3.45. The summed E-state index contributed by atoms with van der Waals surface area (Å²) >= 11 is 0. The minimum atomic E-state index is -0.440. The molecule has 0 unspecified atom stereocenters. The molecule has 42 heavy (non-hydrogen) atoms. The first-order valence-electron chi connectivity index (χ1n) is 15.3. The van der Waals surface area contributed by atoms with Crippen LogP contribution in [0.2, 0.25) is 0 Å². The van der Waals surface area contributed by atoms with E-state index in [0.29, 0.717) is 29.9 Å². The van der Waals surface area contributed by atoms with Crippen molar-refractivity contribution in [2.45, 2.75) is 71.6 Å². The second-order valence-electron chi connectivity index (χ2n) is 11.6. The van der Waals surface area contributed by atoms with Crippen LogP contribution in [-0.4, -0.2) is 48.1 Å². The molecule has 1 spiro atoms. The van der Waals surface area contributed by atoms with Gasteiger partial charge in [0.15, 0.2) is 0 Å². The number of likely N-dealkylation sites (tertiary alicyclic amines) is 1. The molecular weight excluding hydrogens is 528 g/mol. The predicted octanol–water partition coefficient (Wildman–Crippen LogP) is 7.18. The van der Waals surface area contributed by atoms with Gasteiger partial charge in [-0.15, -0.1) is 0 Å². The average molecular weight is 571 g/mol. The van der Waals surface area contributed by atoms with Crippen molar-refractivity contribution >= 4 is 18.0 Å². The first-order valence-corrected chi connectivity index (χ1v) is 15.3. The maximum atomic E-state index is 13.2. The van der Waals surface area contributed by atoms with E-state index in [4.69, 9.17) is 13.9 Å². The molecule has 0 atom stereocenters. The van der Waals surface area contributed by atoms with Crippen molar-refractivity contribution in [2.75, 3.05) is 26.3 Å². The molecule has 1 aliphatic heterocycles. The number of rotatable bonds is 10. The van der Waals surface area contributed by atoms with Crippen molar-refractivity contribution < 1.29 is 23.5 Å². The Balaban J connectivity index is 1.16. The quantitative estimate of drug-likeness (QED) is 0.190. The molecular formula is C35H42N2O5. The number of ether oxygens (including phenoxy) is 2. The van der Waals surface area contributed by atoms with Crippen molar-refractivity contribution in [3.05, 3.63) is 77.2 Å². The van der Waals surface area contributed by atoms with Crippen molar-refractivity contribution in [2.24, 2.45) is 5.41 Å². The van der Waals surface area contributed by atoms with Crippen LogP contribution >= 0.6 is 0 Å². The lowest BCUT2D eigenvalue weighted by Crippen LogP contribution is -2.44. The third kappa shape index (κ3) is 7.50. The monoisotopic (exact) mass is 570 g/mol. The number of carbonyl (C=O) groups excluding carboxylic acids is 2. The van der Waals surface area contributed by atoms with Crippen LogP contribution in [0.25, 0.3) is 17.5 Å². The molecule has 0 radical (unpaired) electrons. The molecule has 7 heteroatoms. The van der Waals surface area contributed by atoms with E-state index < -0.39 is 5.97 Å². The van der Waals surface area contributed by atoms with Gasteiger partial charge in [-0.3, -0.25) is 4.79 Å². The van der Waals surface area contributed by atoms with E-state index in [1.165, 1.54) is 32.1 Å². The van der Waals surface area contributed by atoms with Gasteiger partial charge in [-0.1, -0.05) is 49.6 Å². The zero-order chi connectivity index (χ0) is 29.4. The van der Waals surface area contributed by atoms with Crippen molar-refractivity contribution in [1.29, 1.82) is 0 Å². The largest absolute Gasteiger partial charge is 0.493 e. The number of aromatic nitrogens is 1. The Morgan fingerprint density at radius 2 is 1.69 bits per heavy atom. The normalized spacial score (nSPS) is 16.8. The number of esters is 1. The highest BCUT2D eigenvalue weighted by Crippen LogP contribution is 2.44. The molecule has 1 aliphatic carbocycles. The summed E-state index contributed by atoms with van der Waals surface area (Å²) in [5.74, 6) is 1.68. The highest BCUT2D eigenvalue weighted by molar-refractivity contribution is 5.99. The summed E-state index contributed by atoms with van der Waals surface area (Å²) in [5, 5.41) is 0. The maximum absolute atomic E-state index is 13.2. The number of carbonyl (C=O) groups is 2. The predicted molar refractivity (Wildman–Crippen MR) is 163 cm³/mol. The molecule has 1 saturated heterocycles. The van der Waals surface area contributed by atoms with E-state index in [-0.39, 0.29) is 18.9 Å². The molecule has 1 amide bonds. The average Bonchev–Trinajstić information content (AvgIpc) is 3.39. The van der Waals surface area contributed by atoms with Crippen LogP contribution in [0, 0.1) is 12.3 Å². The number of piperidine rings is 1. The SMILES string of the molecule is CCOC(=O)/C(=C/c1ccc(OCCc2nc(-c3ccccc3)oc2C)cc1)CC(=O)N1CCC2(CCCCC2)CC1. The lowest BCUT2D eigenvalue weighted by Gasteiger charge is -2.44. The van der Waals surface area contributed by atoms with Gasteiger partial charge in [-0.2, -0.15) is 0 Å². The second kappa shape index (κ2) is 13.9. The molecule has 0 bridgehead atoms. The molecule has 3 aromatic rings. The number of hydrogen-bond acceptors (Lipinski definition) is 6. The van der Waals surface area contributed by atoms with Gasteiger partial charge in [0, 0.05) is 30.6 Å². The summed E-state index contributed by atoms with van der Waals surface area (Å²) < 4.78 is 17.1. The minimum Gasteiger partial charge on any atom is -0.493 e. The highest BCUT2D eigenvalue weighted by Gasteiger charge is 2.36. The zero-order valence-corrected chi connectivity index (χ0v) is 24.9. The molecule has 222 valence electrons. The van der Waals surface area contributed by atoms with Crippen LogP contribution in [0.5, 0.6) is 5.75 Å². The first kappa shape index (κ1) is 29.6. The molecule has 7 nitrogen and oxygen atoms in total. The number of hydrogen-bond donors (Lipinski definition) is 0. The van der Waals surface area contributed by atoms with Gasteiger partial charge < -0.3 is 18.8 Å². The molecule has 2 heterocycles. The van der Waals surface area contributed by atoms with E-state index >= 15 is 0 Å². The van der Waals surface area contributed by atoms with Crippen molar-refractivity contribution in [1.82, 2.24) is 9.88 Å². The second-order valence-corrected chi connectivity index (χ2v) is 11.6. The van der Waals surface area contributed by atoms with E-state index in [1.54, 1.807) is 13.0 Å². The van der Waals surface area contributed by atoms with Gasteiger partial charge in [-0.25, -0.2) is 9.78 Å². The maximum Gasteiger partial charge on any atom is 0.334 e. The fourth-order valence-electron chi connectivity index (χ4n) is 6.20. The van der Waals surface area contributed by atoms with Crippen LogP contribution < -0.4 is 4.74 Å². The van der Waals surface area contributed by atoms with Gasteiger partial charge in [0.2, 0.25) is 11.8 Å². The van der Waals surface area contributed by atoms with Crippen LogP contribution in [0.4, 0.5) is 0 Å². The number of nitrogens with zero attached hydrogens (tertiary/aromatic N) is 2. The smallest absolute Gasteiger partial charge is 0.334 e. The Morgan fingerprint density at radius 1 is 0.976 bits per heavy atom. The summed E-state index contributed by atoms with van der Waals surface area (Å²) in [6.45, 7) is 5.98. The molecule has 5 rings (SSSR count). The van der Waals surface area contributed by atoms with Crippen LogP contribution in [-0.2, 0) is 20.7 Å². The number of amides is 1. The molecule has 2 fully saturated rings. The minimum absolute atomic E-state index is 0.00140. The fourth-order valence-corrected chi connectivity index (χ4v) is 6.20. The number of oxazole rings is 1. The first-order chi connectivity index (χ1) is 20.4. The Bertz CT molecular complexity index is 1360. The zero-order valence-electron chi connectivity index (χ0n) is 24.9. The standard InChI is InChI=1S/C35H42N2O5/c1-3-40-34(39)29(25-32(38)37-21-19-35(20-22-37)17-8-5-9-18-35)24-27-12-14-30(15-13-27)41-23-16-31-26(2)42-33(36-31)28-10-6-4-7-11-28/h4,6-7,10-15,24H,3,5,8-9,16-23,25H2,1-2H3/b29-24+. The van der Waals surface area contributed by atoms with E-state index in [0.717, 1.165) is 54.3 Å². The molecule has 2 aliphatic rings. The highest BCUT2D eigenvalue weighted by atomic mass is 16.5. The van der Waals surface area contributed by atoms with Crippen molar-refractivity contribution in [3.8, 4) is 17.2 Å². The Hall–Kier alpha value is -3.87. The molecule has 2 aromatic carbocycles. The van der Waals surface area contributed by atoms with Gasteiger partial charge in [0.25, 0.3) is 0 Å².